The average Bonchev–Trinajstić information content (AvgIpc) is 2.48. The molecule has 1 N–H and O–H groups in total. The van der Waals surface area contributed by atoms with Crippen LogP contribution in [0.1, 0.15) is 11.1 Å². The van der Waals surface area contributed by atoms with Crippen molar-refractivity contribution in [3.8, 4) is 11.8 Å². The van der Waals surface area contributed by atoms with E-state index in [4.69, 9.17) is 14.6 Å². The quantitative estimate of drug-likeness (QED) is 0.879. The predicted molar refractivity (Wildman–Crippen MR) is 83.3 cm³/mol. The van der Waals surface area contributed by atoms with Crippen LogP contribution in [0.4, 0.5) is 0 Å². The minimum absolute atomic E-state index is 0.0666. The summed E-state index contributed by atoms with van der Waals surface area (Å²) in [7, 11) is -2.40. The van der Waals surface area contributed by atoms with E-state index in [9.17, 15) is 8.42 Å². The Morgan fingerprint density at radius 2 is 1.64 bits per heavy atom. The van der Waals surface area contributed by atoms with Crippen LogP contribution in [-0.4, -0.2) is 20.1 Å². The Labute approximate surface area is 130 Å². The number of rotatable bonds is 3. The van der Waals surface area contributed by atoms with Crippen LogP contribution in [-0.2, 0) is 16.5 Å². The smallest absolute Gasteiger partial charge is 0.294 e. The van der Waals surface area contributed by atoms with Crippen LogP contribution in [0, 0.1) is 18.3 Å². The summed E-state index contributed by atoms with van der Waals surface area (Å²) in [6.07, 6.45) is 0.462. The Bertz CT molecular complexity index is 729. The average molecular weight is 319 g/mol. The van der Waals surface area contributed by atoms with Crippen molar-refractivity contribution >= 4 is 10.1 Å². The van der Waals surface area contributed by atoms with Crippen molar-refractivity contribution in [1.82, 2.24) is 0 Å². The molecule has 0 saturated carbocycles. The van der Waals surface area contributed by atoms with Gasteiger partial charge in [-0.1, -0.05) is 29.8 Å². The molecule has 2 rings (SSSR count). The lowest BCUT2D eigenvalue weighted by atomic mass is 10.2. The third kappa shape index (κ3) is 5.95. The van der Waals surface area contributed by atoms with Gasteiger partial charge in [-0.2, -0.15) is 13.7 Å². The molecule has 0 fully saturated rings. The van der Waals surface area contributed by atoms with Gasteiger partial charge in [-0.25, -0.2) is 0 Å². The molecule has 0 atom stereocenters. The summed E-state index contributed by atoms with van der Waals surface area (Å²) in [5, 5.41) is 8.36. The number of benzene rings is 2. The minimum atomic E-state index is -4.02. The largest absolute Gasteiger partial charge is 0.497 e. The topological polar surface area (TPSA) is 87.4 Å². The summed E-state index contributed by atoms with van der Waals surface area (Å²) in [4.78, 5) is -0.0666. The number of hydrogen-bond donors (Lipinski definition) is 1. The summed E-state index contributed by atoms with van der Waals surface area (Å²) in [5.74, 6) is 0.826. The maximum atomic E-state index is 10.5. The fraction of sp³-hybridized carbons (Fsp3) is 0.188. The third-order valence-corrected chi connectivity index (χ3v) is 3.63. The zero-order chi connectivity index (χ0) is 16.6. The summed E-state index contributed by atoms with van der Waals surface area (Å²) >= 11 is 0. The van der Waals surface area contributed by atoms with Gasteiger partial charge in [0.2, 0.25) is 0 Å². The zero-order valence-electron chi connectivity index (χ0n) is 12.4. The van der Waals surface area contributed by atoms with Gasteiger partial charge in [-0.15, -0.1) is 0 Å². The van der Waals surface area contributed by atoms with Gasteiger partial charge in [-0.05, 0) is 36.8 Å². The fourth-order valence-corrected chi connectivity index (χ4v) is 2.02. The van der Waals surface area contributed by atoms with Crippen LogP contribution >= 0.6 is 0 Å². The number of nitrogens with zero attached hydrogens (tertiary/aromatic N) is 1. The van der Waals surface area contributed by atoms with Crippen LogP contribution in [0.15, 0.2) is 53.4 Å². The van der Waals surface area contributed by atoms with Crippen LogP contribution in [0.5, 0.6) is 5.75 Å². The molecule has 0 radical (unpaired) electrons. The van der Waals surface area contributed by atoms with E-state index in [-0.39, 0.29) is 4.90 Å². The Balaban J connectivity index is 0.000000220. The standard InChI is InChI=1S/C9H9NO.C7H8O3S/c1-11-9-4-2-8(3-5-9)6-7-10;1-6-2-4-7(5-3-6)11(8,9)10/h2-5H,6H2,1H3;2-5H,1H3,(H,8,9,10). The Morgan fingerprint density at radius 3 is 2.05 bits per heavy atom. The molecular weight excluding hydrogens is 302 g/mol. The van der Waals surface area contributed by atoms with Gasteiger partial charge in [0.25, 0.3) is 10.1 Å². The lowest BCUT2D eigenvalue weighted by Crippen LogP contribution is -1.96. The van der Waals surface area contributed by atoms with E-state index in [0.29, 0.717) is 6.42 Å². The van der Waals surface area contributed by atoms with Crippen molar-refractivity contribution in [2.24, 2.45) is 0 Å². The maximum absolute atomic E-state index is 10.5. The van der Waals surface area contributed by atoms with Crippen LogP contribution in [0.2, 0.25) is 0 Å². The third-order valence-electron chi connectivity index (χ3n) is 2.76. The van der Waals surface area contributed by atoms with Crippen LogP contribution in [0.3, 0.4) is 0 Å². The molecule has 2 aromatic carbocycles. The monoisotopic (exact) mass is 319 g/mol. The summed E-state index contributed by atoms with van der Waals surface area (Å²) in [6.45, 7) is 1.84. The lowest BCUT2D eigenvalue weighted by Gasteiger charge is -1.98. The molecule has 0 bridgehead atoms. The number of nitriles is 1. The van der Waals surface area contributed by atoms with Crippen molar-refractivity contribution in [2.45, 2.75) is 18.2 Å². The van der Waals surface area contributed by atoms with Crippen molar-refractivity contribution < 1.29 is 17.7 Å². The van der Waals surface area contributed by atoms with Crippen LogP contribution in [0.25, 0.3) is 0 Å². The number of aryl methyl sites for hydroxylation is 1. The van der Waals surface area contributed by atoms with Crippen molar-refractivity contribution in [3.05, 3.63) is 59.7 Å². The lowest BCUT2D eigenvalue weighted by molar-refractivity contribution is 0.414. The molecule has 5 nitrogen and oxygen atoms in total. The predicted octanol–water partition coefficient (Wildman–Crippen LogP) is 3.00. The number of methoxy groups -OCH3 is 1. The molecule has 0 unspecified atom stereocenters. The van der Waals surface area contributed by atoms with Crippen molar-refractivity contribution in [2.75, 3.05) is 7.11 Å². The van der Waals surface area contributed by atoms with Gasteiger partial charge >= 0.3 is 0 Å². The molecule has 0 heterocycles. The van der Waals surface area contributed by atoms with Gasteiger partial charge < -0.3 is 4.74 Å². The molecule has 0 saturated heterocycles. The second kappa shape index (κ2) is 8.17. The van der Waals surface area contributed by atoms with Gasteiger partial charge in [0, 0.05) is 0 Å². The van der Waals surface area contributed by atoms with Gasteiger partial charge in [-0.3, -0.25) is 4.55 Å². The fourth-order valence-electron chi connectivity index (χ4n) is 1.54. The second-order valence-corrected chi connectivity index (χ2v) is 5.89. The molecule has 0 spiro atoms. The molecule has 0 aliphatic heterocycles. The summed E-state index contributed by atoms with van der Waals surface area (Å²) in [5.41, 5.74) is 1.98. The maximum Gasteiger partial charge on any atom is 0.294 e. The molecule has 116 valence electrons. The molecule has 0 aromatic heterocycles. The molecule has 6 heteroatoms. The number of hydrogen-bond acceptors (Lipinski definition) is 4. The van der Waals surface area contributed by atoms with E-state index >= 15 is 0 Å². The first kappa shape index (κ1) is 17.7. The minimum Gasteiger partial charge on any atom is -0.497 e. The van der Waals surface area contributed by atoms with E-state index in [1.54, 1.807) is 19.2 Å². The molecule has 0 aliphatic carbocycles. The second-order valence-electron chi connectivity index (χ2n) is 4.47. The Hall–Kier alpha value is -2.36. The number of ether oxygens (including phenoxy) is 1. The van der Waals surface area contributed by atoms with Gasteiger partial charge in [0.05, 0.1) is 24.5 Å². The van der Waals surface area contributed by atoms with Gasteiger partial charge in [0.1, 0.15) is 5.75 Å². The highest BCUT2D eigenvalue weighted by Crippen LogP contribution is 2.11. The molecule has 0 aliphatic rings. The highest BCUT2D eigenvalue weighted by molar-refractivity contribution is 7.85. The first-order valence-electron chi connectivity index (χ1n) is 6.41. The summed E-state index contributed by atoms with van der Waals surface area (Å²) < 4.78 is 34.5. The molecule has 2 aromatic rings. The molecule has 22 heavy (non-hydrogen) atoms. The normalized spacial score (nSPS) is 10.1. The van der Waals surface area contributed by atoms with Crippen LogP contribution < -0.4 is 4.74 Å². The summed E-state index contributed by atoms with van der Waals surface area (Å²) in [6, 6.07) is 15.6. The zero-order valence-corrected chi connectivity index (χ0v) is 13.2. The van der Waals surface area contributed by atoms with E-state index in [0.717, 1.165) is 16.9 Å². The SMILES string of the molecule is COc1ccc(CC#N)cc1.Cc1ccc(S(=O)(=O)O)cc1. The van der Waals surface area contributed by atoms with Gasteiger partial charge in [0.15, 0.2) is 0 Å². The van der Waals surface area contributed by atoms with E-state index in [2.05, 4.69) is 6.07 Å². The van der Waals surface area contributed by atoms with Crippen molar-refractivity contribution in [3.63, 3.8) is 0 Å². The van der Waals surface area contributed by atoms with Crippen molar-refractivity contribution in [1.29, 1.82) is 5.26 Å². The van der Waals surface area contributed by atoms with E-state index < -0.39 is 10.1 Å². The molecular formula is C16H17NO4S. The van der Waals surface area contributed by atoms with E-state index in [1.807, 2.05) is 31.2 Å². The highest BCUT2D eigenvalue weighted by atomic mass is 32.2. The first-order chi connectivity index (χ1) is 10.4. The molecule has 0 amide bonds. The first-order valence-corrected chi connectivity index (χ1v) is 7.85. The highest BCUT2D eigenvalue weighted by Gasteiger charge is 2.06. The Morgan fingerprint density at radius 1 is 1.09 bits per heavy atom. The van der Waals surface area contributed by atoms with E-state index in [1.165, 1.54) is 12.1 Å². The Kier molecular flexibility index (Phi) is 6.57.